The number of ketones is 1. The third-order valence-corrected chi connectivity index (χ3v) is 12.6. The minimum atomic E-state index is -4.06. The molecule has 0 amide bonds. The van der Waals surface area contributed by atoms with Crippen molar-refractivity contribution in [2.24, 2.45) is 0 Å². The van der Waals surface area contributed by atoms with Crippen molar-refractivity contribution in [2.75, 3.05) is 6.61 Å². The number of hydrogen-bond donors (Lipinski definition) is 0. The van der Waals surface area contributed by atoms with Crippen molar-refractivity contribution in [1.82, 2.24) is 0 Å². The zero-order valence-electron chi connectivity index (χ0n) is 17.5. The minimum absolute atomic E-state index is 0.0354. The van der Waals surface area contributed by atoms with Crippen LogP contribution in [0.5, 0.6) is 0 Å². The second kappa shape index (κ2) is 7.47. The van der Waals surface area contributed by atoms with Crippen molar-refractivity contribution in [1.29, 1.82) is 0 Å². The minimum Gasteiger partial charge on any atom is -0.414 e. The molecular weight excluding hydrogens is 404 g/mol. The Morgan fingerprint density at radius 1 is 1.03 bits per heavy atom. The Morgan fingerprint density at radius 3 is 2.07 bits per heavy atom. The Morgan fingerprint density at radius 2 is 1.55 bits per heavy atom. The third kappa shape index (κ3) is 3.84. The summed E-state index contributed by atoms with van der Waals surface area (Å²) < 4.78 is 38.8. The van der Waals surface area contributed by atoms with Crippen LogP contribution in [0.1, 0.15) is 31.1 Å². The molecule has 1 saturated heterocycles. The fourth-order valence-electron chi connectivity index (χ4n) is 2.95. The SMILES string of the molecule is CC(C)(C)[Si](C)(C)OC[C@@H]1O[C@@]1(C(=O)c1ccccc1)S(=O)(=O)c1ccccc1. The molecule has 0 N–H and O–H groups in total. The number of hydrogen-bond acceptors (Lipinski definition) is 5. The van der Waals surface area contributed by atoms with E-state index in [2.05, 4.69) is 33.9 Å². The first-order chi connectivity index (χ1) is 13.4. The van der Waals surface area contributed by atoms with Crippen LogP contribution in [0, 0.1) is 0 Å². The van der Waals surface area contributed by atoms with Gasteiger partial charge in [-0.25, -0.2) is 8.42 Å². The van der Waals surface area contributed by atoms with Gasteiger partial charge in [0.1, 0.15) is 6.10 Å². The highest BCUT2D eigenvalue weighted by Gasteiger charge is 2.72. The van der Waals surface area contributed by atoms with Gasteiger partial charge in [-0.2, -0.15) is 0 Å². The van der Waals surface area contributed by atoms with Crippen LogP contribution in [0.15, 0.2) is 65.6 Å². The van der Waals surface area contributed by atoms with Gasteiger partial charge in [0.05, 0.1) is 11.5 Å². The third-order valence-electron chi connectivity index (χ3n) is 5.89. The monoisotopic (exact) mass is 432 g/mol. The number of benzene rings is 2. The van der Waals surface area contributed by atoms with Gasteiger partial charge in [0.25, 0.3) is 4.93 Å². The van der Waals surface area contributed by atoms with Gasteiger partial charge in [0, 0.05) is 5.56 Å². The molecule has 0 bridgehead atoms. The first-order valence-corrected chi connectivity index (χ1v) is 14.0. The molecule has 1 heterocycles. The maximum Gasteiger partial charge on any atom is 0.265 e. The van der Waals surface area contributed by atoms with E-state index in [0.29, 0.717) is 5.56 Å². The number of sulfone groups is 1. The van der Waals surface area contributed by atoms with Gasteiger partial charge in [0.15, 0.2) is 8.32 Å². The van der Waals surface area contributed by atoms with Crippen molar-refractivity contribution in [2.45, 2.75) is 54.8 Å². The predicted octanol–water partition coefficient (Wildman–Crippen LogP) is 4.46. The molecule has 2 atom stereocenters. The molecule has 2 aromatic carbocycles. The van der Waals surface area contributed by atoms with E-state index in [1.165, 1.54) is 12.1 Å². The fraction of sp³-hybridized carbons (Fsp3) is 0.409. The van der Waals surface area contributed by atoms with Crippen LogP contribution in [0.4, 0.5) is 0 Å². The molecular formula is C22H28O5SSi. The summed E-state index contributed by atoms with van der Waals surface area (Å²) in [7, 11) is -6.19. The molecule has 7 heteroatoms. The lowest BCUT2D eigenvalue weighted by molar-refractivity contribution is 0.0930. The smallest absolute Gasteiger partial charge is 0.265 e. The maximum absolute atomic E-state index is 13.5. The van der Waals surface area contributed by atoms with Crippen molar-refractivity contribution < 1.29 is 22.4 Å². The highest BCUT2D eigenvalue weighted by atomic mass is 32.2. The molecule has 0 unspecified atom stereocenters. The Hall–Kier alpha value is -1.80. The summed E-state index contributed by atoms with van der Waals surface area (Å²) in [6.07, 6.45) is -0.838. The fourth-order valence-corrected chi connectivity index (χ4v) is 5.83. The van der Waals surface area contributed by atoms with Gasteiger partial charge < -0.3 is 9.16 Å². The van der Waals surface area contributed by atoms with Crippen molar-refractivity contribution >= 4 is 23.9 Å². The van der Waals surface area contributed by atoms with Gasteiger partial charge in [-0.3, -0.25) is 4.79 Å². The molecule has 5 nitrogen and oxygen atoms in total. The van der Waals surface area contributed by atoms with Gasteiger partial charge >= 0.3 is 0 Å². The van der Waals surface area contributed by atoms with Gasteiger partial charge in [-0.15, -0.1) is 0 Å². The average Bonchev–Trinajstić information content (AvgIpc) is 3.43. The largest absolute Gasteiger partial charge is 0.414 e. The Labute approximate surface area is 174 Å². The molecule has 0 saturated carbocycles. The topological polar surface area (TPSA) is 73.0 Å². The first kappa shape index (κ1) is 21.9. The Balaban J connectivity index is 1.97. The van der Waals surface area contributed by atoms with Crippen LogP contribution in [0.3, 0.4) is 0 Å². The van der Waals surface area contributed by atoms with Crippen LogP contribution >= 0.6 is 0 Å². The average molecular weight is 433 g/mol. The van der Waals surface area contributed by atoms with E-state index in [9.17, 15) is 13.2 Å². The molecule has 156 valence electrons. The van der Waals surface area contributed by atoms with Crippen molar-refractivity contribution in [3.8, 4) is 0 Å². The zero-order valence-corrected chi connectivity index (χ0v) is 19.3. The Kier molecular flexibility index (Phi) is 5.64. The second-order valence-electron chi connectivity index (χ2n) is 8.86. The van der Waals surface area contributed by atoms with E-state index in [4.69, 9.17) is 9.16 Å². The van der Waals surface area contributed by atoms with Crippen LogP contribution in [-0.2, 0) is 19.0 Å². The van der Waals surface area contributed by atoms with Crippen LogP contribution in [0.25, 0.3) is 0 Å². The summed E-state index contributed by atoms with van der Waals surface area (Å²) in [5.41, 5.74) is 0.307. The van der Waals surface area contributed by atoms with E-state index in [-0.39, 0.29) is 16.5 Å². The molecule has 0 spiro atoms. The molecule has 0 radical (unpaired) electrons. The molecule has 0 aliphatic carbocycles. The van der Waals surface area contributed by atoms with E-state index < -0.39 is 35.0 Å². The molecule has 1 fully saturated rings. The molecule has 2 aromatic rings. The number of carbonyl (C=O) groups is 1. The van der Waals surface area contributed by atoms with E-state index >= 15 is 0 Å². The normalized spacial score (nSPS) is 22.3. The molecule has 3 rings (SSSR count). The highest BCUT2D eigenvalue weighted by molar-refractivity contribution is 7.93. The quantitative estimate of drug-likeness (QED) is 0.367. The lowest BCUT2D eigenvalue weighted by Crippen LogP contribution is -2.43. The lowest BCUT2D eigenvalue weighted by Gasteiger charge is -2.36. The van der Waals surface area contributed by atoms with E-state index in [1.54, 1.807) is 48.5 Å². The number of ether oxygens (including phenoxy) is 1. The summed E-state index contributed by atoms with van der Waals surface area (Å²) in [5.74, 6) is -0.550. The number of epoxide rings is 1. The summed E-state index contributed by atoms with van der Waals surface area (Å²) in [6.45, 7) is 10.6. The summed E-state index contributed by atoms with van der Waals surface area (Å²) in [6, 6.07) is 16.4. The highest BCUT2D eigenvalue weighted by Crippen LogP contribution is 2.48. The molecule has 1 aliphatic rings. The number of rotatable bonds is 7. The van der Waals surface area contributed by atoms with Crippen molar-refractivity contribution in [3.05, 3.63) is 66.2 Å². The van der Waals surface area contributed by atoms with Crippen LogP contribution < -0.4 is 0 Å². The van der Waals surface area contributed by atoms with Crippen LogP contribution in [-0.4, -0.2) is 40.2 Å². The lowest BCUT2D eigenvalue weighted by atomic mass is 10.1. The van der Waals surface area contributed by atoms with Gasteiger partial charge in [0.2, 0.25) is 15.6 Å². The number of carbonyl (C=O) groups excluding carboxylic acids is 1. The molecule has 0 aromatic heterocycles. The van der Waals surface area contributed by atoms with Crippen LogP contribution in [0.2, 0.25) is 18.1 Å². The predicted molar refractivity (Wildman–Crippen MR) is 115 cm³/mol. The maximum atomic E-state index is 13.5. The molecule has 29 heavy (non-hydrogen) atoms. The van der Waals surface area contributed by atoms with Gasteiger partial charge in [-0.1, -0.05) is 69.3 Å². The second-order valence-corrected chi connectivity index (χ2v) is 15.8. The first-order valence-electron chi connectivity index (χ1n) is 9.65. The zero-order chi connectivity index (χ0) is 21.5. The summed E-state index contributed by atoms with van der Waals surface area (Å²) >= 11 is 0. The Bertz CT molecular complexity index is 981. The van der Waals surface area contributed by atoms with E-state index in [0.717, 1.165) is 0 Å². The van der Waals surface area contributed by atoms with Gasteiger partial charge in [-0.05, 0) is 30.3 Å². The van der Waals surface area contributed by atoms with E-state index in [1.807, 2.05) is 0 Å². The van der Waals surface area contributed by atoms with Crippen molar-refractivity contribution in [3.63, 3.8) is 0 Å². The number of Topliss-reactive ketones (excluding diaryl/α,β-unsaturated/α-hetero) is 1. The summed E-state index contributed by atoms with van der Waals surface area (Å²) in [4.78, 5) is 11.5. The molecule has 1 aliphatic heterocycles. The standard InChI is InChI=1S/C22H28O5SSi/c1-21(2,3)29(4,5)26-16-19-22(27-19,20(23)17-12-8-6-9-13-17)28(24,25)18-14-10-7-11-15-18/h6-15,19H,16H2,1-5H3/t19-,22+/m0/s1. The summed E-state index contributed by atoms with van der Waals surface area (Å²) in [5, 5.41) is -0.0354.